The van der Waals surface area contributed by atoms with Crippen molar-refractivity contribution in [3.63, 3.8) is 0 Å². The number of halogens is 4. The van der Waals surface area contributed by atoms with E-state index in [0.29, 0.717) is 23.3 Å². The highest BCUT2D eigenvalue weighted by atomic mass is 35.5. The van der Waals surface area contributed by atoms with Gasteiger partial charge in [0.2, 0.25) is 5.91 Å². The first-order valence-corrected chi connectivity index (χ1v) is 12.6. The Morgan fingerprint density at radius 1 is 1.08 bits per heavy atom. The van der Waals surface area contributed by atoms with Crippen molar-refractivity contribution in [2.24, 2.45) is 0 Å². The van der Waals surface area contributed by atoms with E-state index < -0.39 is 22.7 Å². The Bertz CT molecular complexity index is 1410. The molecule has 1 amide bonds. The van der Waals surface area contributed by atoms with E-state index in [1.54, 1.807) is 0 Å². The van der Waals surface area contributed by atoms with Crippen molar-refractivity contribution in [2.75, 3.05) is 17.7 Å². The Kier molecular flexibility index (Phi) is 8.09. The molecule has 1 heterocycles. The van der Waals surface area contributed by atoms with Crippen LogP contribution in [0.25, 0.3) is 17.1 Å². The zero-order chi connectivity index (χ0) is 26.6. The zero-order valence-electron chi connectivity index (χ0n) is 19.8. The number of ether oxygens (including phenoxy) is 1. The fourth-order valence-corrected chi connectivity index (χ4v) is 4.55. The van der Waals surface area contributed by atoms with Crippen molar-refractivity contribution < 1.29 is 22.7 Å². The maximum atomic E-state index is 13.1. The lowest BCUT2D eigenvalue weighted by atomic mass is 10.1. The van der Waals surface area contributed by atoms with Crippen LogP contribution in [0.3, 0.4) is 0 Å². The monoisotopic (exact) mass is 546 g/mol. The summed E-state index contributed by atoms with van der Waals surface area (Å²) in [7, 11) is 0. The molecule has 0 radical (unpaired) electrons. The average Bonchev–Trinajstić information content (AvgIpc) is 3.28. The van der Waals surface area contributed by atoms with E-state index in [4.69, 9.17) is 16.3 Å². The highest BCUT2D eigenvalue weighted by Gasteiger charge is 2.33. The fourth-order valence-electron chi connectivity index (χ4n) is 3.57. The summed E-state index contributed by atoms with van der Waals surface area (Å²) < 4.78 is 46.8. The van der Waals surface area contributed by atoms with Gasteiger partial charge in [-0.3, -0.25) is 9.36 Å². The number of carbonyl (C=O) groups is 1. The number of aromatic nitrogens is 3. The van der Waals surface area contributed by atoms with Crippen molar-refractivity contribution in [1.29, 1.82) is 0 Å². The number of nitrogens with zero attached hydrogens (tertiary/aromatic N) is 3. The Balaban J connectivity index is 1.58. The number of hydrogen-bond acceptors (Lipinski definition) is 5. The van der Waals surface area contributed by atoms with E-state index in [9.17, 15) is 18.0 Å². The maximum absolute atomic E-state index is 13.1. The van der Waals surface area contributed by atoms with Crippen LogP contribution in [0, 0.1) is 6.92 Å². The third-order valence-electron chi connectivity index (χ3n) is 5.20. The van der Waals surface area contributed by atoms with Crippen molar-refractivity contribution in [3.05, 3.63) is 82.9 Å². The molecule has 4 aromatic rings. The van der Waals surface area contributed by atoms with Crippen LogP contribution in [0.4, 0.5) is 18.9 Å². The summed E-state index contributed by atoms with van der Waals surface area (Å²) in [4.78, 5) is 12.6. The molecular formula is C26H22ClF3N4O2S. The van der Waals surface area contributed by atoms with Crippen LogP contribution in [0.1, 0.15) is 18.1 Å². The van der Waals surface area contributed by atoms with Gasteiger partial charge in [0.15, 0.2) is 11.0 Å². The summed E-state index contributed by atoms with van der Waals surface area (Å²) in [5.41, 5.74) is 1.64. The summed E-state index contributed by atoms with van der Waals surface area (Å²) in [5.74, 6) is 0.695. The lowest BCUT2D eigenvalue weighted by Gasteiger charge is -2.13. The SMILES string of the molecule is CCOc1ccc(-n2c(SCC(=O)Nc3ccc(Cl)c(C(F)(F)F)c3)nnc2-c2cccc(C)c2)cc1. The van der Waals surface area contributed by atoms with Gasteiger partial charge in [-0.25, -0.2) is 0 Å². The molecule has 0 fully saturated rings. The van der Waals surface area contributed by atoms with Gasteiger partial charge in [-0.2, -0.15) is 13.2 Å². The van der Waals surface area contributed by atoms with Crippen molar-refractivity contribution >= 4 is 35.0 Å². The molecule has 0 aliphatic rings. The first-order valence-electron chi connectivity index (χ1n) is 11.2. The van der Waals surface area contributed by atoms with Crippen LogP contribution in [0.2, 0.25) is 5.02 Å². The van der Waals surface area contributed by atoms with Gasteiger partial charge in [-0.1, -0.05) is 47.1 Å². The average molecular weight is 547 g/mol. The van der Waals surface area contributed by atoms with Crippen LogP contribution in [-0.4, -0.2) is 33.0 Å². The van der Waals surface area contributed by atoms with E-state index in [1.807, 2.05) is 66.9 Å². The number of benzene rings is 3. The summed E-state index contributed by atoms with van der Waals surface area (Å²) in [5, 5.41) is 11.2. The van der Waals surface area contributed by atoms with Gasteiger partial charge >= 0.3 is 6.18 Å². The molecule has 4 rings (SSSR count). The number of alkyl halides is 3. The van der Waals surface area contributed by atoms with E-state index in [2.05, 4.69) is 15.5 Å². The van der Waals surface area contributed by atoms with Crippen LogP contribution < -0.4 is 10.1 Å². The summed E-state index contributed by atoms with van der Waals surface area (Å²) in [6.45, 7) is 4.41. The van der Waals surface area contributed by atoms with Crippen molar-refractivity contribution in [1.82, 2.24) is 14.8 Å². The smallest absolute Gasteiger partial charge is 0.417 e. The number of carbonyl (C=O) groups excluding carboxylic acids is 1. The van der Waals surface area contributed by atoms with Gasteiger partial charge in [0.1, 0.15) is 5.75 Å². The molecule has 11 heteroatoms. The second-order valence-electron chi connectivity index (χ2n) is 7.97. The number of thioether (sulfide) groups is 1. The molecule has 1 aromatic heterocycles. The van der Waals surface area contributed by atoms with Crippen molar-refractivity contribution in [2.45, 2.75) is 25.2 Å². The Labute approximate surface area is 220 Å². The van der Waals surface area contributed by atoms with E-state index >= 15 is 0 Å². The fraction of sp³-hybridized carbons (Fsp3) is 0.192. The second kappa shape index (κ2) is 11.3. The Morgan fingerprint density at radius 3 is 2.51 bits per heavy atom. The predicted molar refractivity (Wildman–Crippen MR) is 139 cm³/mol. The van der Waals surface area contributed by atoms with Gasteiger partial charge in [-0.05, 0) is 62.4 Å². The Hall–Kier alpha value is -3.50. The van der Waals surface area contributed by atoms with Crippen LogP contribution in [0.15, 0.2) is 71.9 Å². The predicted octanol–water partition coefficient (Wildman–Crippen LogP) is 7.04. The molecule has 0 saturated carbocycles. The van der Waals surface area contributed by atoms with E-state index in [0.717, 1.165) is 40.7 Å². The molecule has 37 heavy (non-hydrogen) atoms. The molecule has 0 saturated heterocycles. The van der Waals surface area contributed by atoms with Gasteiger partial charge < -0.3 is 10.1 Å². The molecule has 0 spiro atoms. The normalized spacial score (nSPS) is 11.4. The minimum absolute atomic E-state index is 0.00393. The second-order valence-corrected chi connectivity index (χ2v) is 9.32. The maximum Gasteiger partial charge on any atom is 0.417 e. The largest absolute Gasteiger partial charge is 0.494 e. The molecule has 3 aromatic carbocycles. The van der Waals surface area contributed by atoms with Crippen LogP contribution >= 0.6 is 23.4 Å². The van der Waals surface area contributed by atoms with E-state index in [1.165, 1.54) is 6.07 Å². The number of amides is 1. The number of hydrogen-bond donors (Lipinski definition) is 1. The Morgan fingerprint density at radius 2 is 1.84 bits per heavy atom. The molecule has 0 aliphatic heterocycles. The molecular weight excluding hydrogens is 525 g/mol. The summed E-state index contributed by atoms with van der Waals surface area (Å²) in [6, 6.07) is 18.4. The number of aryl methyl sites for hydroxylation is 1. The molecule has 0 bridgehead atoms. The highest BCUT2D eigenvalue weighted by Crippen LogP contribution is 2.36. The minimum atomic E-state index is -4.63. The number of nitrogens with one attached hydrogen (secondary N) is 1. The van der Waals surface area contributed by atoms with Crippen molar-refractivity contribution in [3.8, 4) is 22.8 Å². The van der Waals surface area contributed by atoms with Gasteiger partial charge in [0.05, 0.1) is 22.9 Å². The molecule has 0 aliphatic carbocycles. The third-order valence-corrected chi connectivity index (χ3v) is 6.46. The highest BCUT2D eigenvalue weighted by molar-refractivity contribution is 7.99. The number of rotatable bonds is 8. The molecule has 0 unspecified atom stereocenters. The first-order chi connectivity index (χ1) is 17.7. The summed E-state index contributed by atoms with van der Waals surface area (Å²) in [6.07, 6.45) is -4.63. The topological polar surface area (TPSA) is 69.0 Å². The number of anilines is 1. The van der Waals surface area contributed by atoms with Crippen LogP contribution in [0.5, 0.6) is 5.75 Å². The standard InChI is InChI=1S/C26H22ClF3N4O2S/c1-3-36-20-10-8-19(9-11-20)34-24(17-6-4-5-16(2)13-17)32-33-25(34)37-15-23(35)31-18-7-12-22(27)21(14-18)26(28,29)30/h4-14H,3,15H2,1-2H3,(H,31,35). The third kappa shape index (κ3) is 6.44. The minimum Gasteiger partial charge on any atom is -0.494 e. The van der Waals surface area contributed by atoms with Gasteiger partial charge in [-0.15, -0.1) is 10.2 Å². The quantitative estimate of drug-likeness (QED) is 0.240. The molecule has 0 atom stereocenters. The van der Waals surface area contributed by atoms with Gasteiger partial charge in [0.25, 0.3) is 0 Å². The summed E-state index contributed by atoms with van der Waals surface area (Å²) >= 11 is 6.78. The molecule has 6 nitrogen and oxygen atoms in total. The first kappa shape index (κ1) is 26.6. The lowest BCUT2D eigenvalue weighted by Crippen LogP contribution is -2.15. The van der Waals surface area contributed by atoms with E-state index in [-0.39, 0.29) is 11.4 Å². The zero-order valence-corrected chi connectivity index (χ0v) is 21.4. The lowest BCUT2D eigenvalue weighted by molar-refractivity contribution is -0.137. The molecule has 1 N–H and O–H groups in total. The van der Waals surface area contributed by atoms with Crippen LogP contribution in [-0.2, 0) is 11.0 Å². The van der Waals surface area contributed by atoms with Gasteiger partial charge in [0, 0.05) is 16.9 Å². The molecule has 192 valence electrons.